The van der Waals surface area contributed by atoms with Crippen molar-refractivity contribution in [3.63, 3.8) is 0 Å². The minimum atomic E-state index is 0.367. The van der Waals surface area contributed by atoms with Gasteiger partial charge in [-0.15, -0.1) is 0 Å². The highest BCUT2D eigenvalue weighted by Gasteiger charge is 2.34. The molecule has 16 heavy (non-hydrogen) atoms. The van der Waals surface area contributed by atoms with Gasteiger partial charge in [0.1, 0.15) is 5.75 Å². The fraction of sp³-hybridized carbons (Fsp3) is 0.571. The van der Waals surface area contributed by atoms with E-state index in [0.29, 0.717) is 5.75 Å². The zero-order valence-electron chi connectivity index (χ0n) is 9.52. The summed E-state index contributed by atoms with van der Waals surface area (Å²) in [6.07, 6.45) is 6.59. The second-order valence-corrected chi connectivity index (χ2v) is 5.26. The van der Waals surface area contributed by atoms with E-state index in [-0.39, 0.29) is 0 Å². The van der Waals surface area contributed by atoms with Gasteiger partial charge in [-0.25, -0.2) is 0 Å². The van der Waals surface area contributed by atoms with E-state index in [1.54, 1.807) is 12.1 Å². The second-order valence-electron chi connectivity index (χ2n) is 5.26. The van der Waals surface area contributed by atoms with Crippen molar-refractivity contribution in [2.45, 2.75) is 44.2 Å². The third kappa shape index (κ3) is 1.94. The lowest BCUT2D eigenvalue weighted by Gasteiger charge is -2.30. The molecule has 0 radical (unpaired) electrons. The van der Waals surface area contributed by atoms with Crippen LogP contribution in [0.1, 0.15) is 31.2 Å². The molecule has 0 saturated carbocycles. The fourth-order valence-corrected chi connectivity index (χ4v) is 3.25. The number of piperidine rings is 1. The van der Waals surface area contributed by atoms with Crippen LogP contribution in [0.2, 0.25) is 0 Å². The summed E-state index contributed by atoms with van der Waals surface area (Å²) in [6, 6.07) is 9.24. The van der Waals surface area contributed by atoms with Gasteiger partial charge in [0.15, 0.2) is 0 Å². The lowest BCUT2D eigenvalue weighted by Crippen LogP contribution is -2.41. The minimum Gasteiger partial charge on any atom is -0.508 e. The first-order valence-corrected chi connectivity index (χ1v) is 6.35. The Bertz CT molecular complexity index is 360. The fourth-order valence-electron chi connectivity index (χ4n) is 3.25. The van der Waals surface area contributed by atoms with Crippen molar-refractivity contribution in [2.75, 3.05) is 0 Å². The van der Waals surface area contributed by atoms with Crippen molar-refractivity contribution in [3.05, 3.63) is 29.8 Å². The third-order valence-corrected chi connectivity index (χ3v) is 4.17. The molecule has 2 saturated heterocycles. The molecule has 2 bridgehead atoms. The van der Waals surface area contributed by atoms with Gasteiger partial charge in [0.25, 0.3) is 0 Å². The first-order chi connectivity index (χ1) is 7.81. The molecule has 0 aliphatic carbocycles. The van der Waals surface area contributed by atoms with Gasteiger partial charge < -0.3 is 10.4 Å². The maximum atomic E-state index is 9.26. The van der Waals surface area contributed by atoms with Crippen molar-refractivity contribution >= 4 is 0 Å². The molecule has 3 unspecified atom stereocenters. The van der Waals surface area contributed by atoms with E-state index in [0.717, 1.165) is 24.4 Å². The number of nitrogens with one attached hydrogen (secondary N) is 1. The quantitative estimate of drug-likeness (QED) is 0.797. The highest BCUT2D eigenvalue weighted by atomic mass is 16.3. The highest BCUT2D eigenvalue weighted by molar-refractivity contribution is 5.26. The summed E-state index contributed by atoms with van der Waals surface area (Å²) in [5.74, 6) is 1.16. The van der Waals surface area contributed by atoms with E-state index in [4.69, 9.17) is 0 Å². The number of phenolic OH excluding ortho intramolecular Hbond substituents is 1. The van der Waals surface area contributed by atoms with Crippen LogP contribution in [0.15, 0.2) is 24.3 Å². The van der Waals surface area contributed by atoms with E-state index in [1.165, 1.54) is 31.2 Å². The number of rotatable bonds is 2. The third-order valence-electron chi connectivity index (χ3n) is 4.17. The van der Waals surface area contributed by atoms with Crippen LogP contribution in [-0.4, -0.2) is 17.2 Å². The summed E-state index contributed by atoms with van der Waals surface area (Å²) in [5, 5.41) is 13.0. The Kier molecular flexibility index (Phi) is 2.60. The smallest absolute Gasteiger partial charge is 0.115 e. The predicted octanol–water partition coefficient (Wildman–Crippen LogP) is 2.47. The van der Waals surface area contributed by atoms with Gasteiger partial charge in [-0.3, -0.25) is 0 Å². The summed E-state index contributed by atoms with van der Waals surface area (Å²) in [7, 11) is 0. The van der Waals surface area contributed by atoms with Crippen LogP contribution in [0.3, 0.4) is 0 Å². The van der Waals surface area contributed by atoms with Crippen molar-refractivity contribution < 1.29 is 5.11 Å². The number of benzene rings is 1. The van der Waals surface area contributed by atoms with Gasteiger partial charge in [-0.1, -0.05) is 12.1 Å². The molecule has 2 nitrogen and oxygen atoms in total. The van der Waals surface area contributed by atoms with E-state index >= 15 is 0 Å². The van der Waals surface area contributed by atoms with E-state index in [1.807, 2.05) is 0 Å². The Morgan fingerprint density at radius 2 is 1.81 bits per heavy atom. The average Bonchev–Trinajstić information content (AvgIpc) is 2.69. The molecule has 3 atom stereocenters. The van der Waals surface area contributed by atoms with Crippen molar-refractivity contribution in [1.29, 1.82) is 0 Å². The molecule has 2 heterocycles. The molecular formula is C14H19NO. The van der Waals surface area contributed by atoms with Crippen molar-refractivity contribution in [1.82, 2.24) is 5.32 Å². The normalized spacial score (nSPS) is 32.9. The maximum absolute atomic E-state index is 9.26. The van der Waals surface area contributed by atoms with Crippen LogP contribution < -0.4 is 5.32 Å². The number of hydrogen-bond donors (Lipinski definition) is 2. The van der Waals surface area contributed by atoms with Gasteiger partial charge in [0.2, 0.25) is 0 Å². The molecule has 86 valence electrons. The van der Waals surface area contributed by atoms with Crippen LogP contribution >= 0.6 is 0 Å². The molecule has 2 fully saturated rings. The molecule has 2 heteroatoms. The molecule has 1 aromatic rings. The minimum absolute atomic E-state index is 0.367. The monoisotopic (exact) mass is 217 g/mol. The standard InChI is InChI=1S/C14H19NO/c16-13-6-1-10(2-7-13)9-11-3-4-12-5-8-14(11)15-12/h1-2,6-7,11-12,14-16H,3-5,8-9H2. The first-order valence-electron chi connectivity index (χ1n) is 6.35. The predicted molar refractivity (Wildman–Crippen MR) is 64.5 cm³/mol. The van der Waals surface area contributed by atoms with Crippen LogP contribution in [0.5, 0.6) is 5.75 Å². The maximum Gasteiger partial charge on any atom is 0.115 e. The van der Waals surface area contributed by atoms with Crippen molar-refractivity contribution in [2.24, 2.45) is 5.92 Å². The zero-order valence-corrected chi connectivity index (χ0v) is 9.52. The molecule has 2 N–H and O–H groups in total. The molecule has 1 aromatic carbocycles. The van der Waals surface area contributed by atoms with Crippen molar-refractivity contribution in [3.8, 4) is 5.75 Å². The molecule has 0 amide bonds. The van der Waals surface area contributed by atoms with E-state index in [9.17, 15) is 5.11 Å². The Morgan fingerprint density at radius 3 is 2.62 bits per heavy atom. The van der Waals surface area contributed by atoms with Crippen LogP contribution in [0.4, 0.5) is 0 Å². The Morgan fingerprint density at radius 1 is 1.06 bits per heavy atom. The molecule has 2 aliphatic heterocycles. The summed E-state index contributed by atoms with van der Waals surface area (Å²) in [4.78, 5) is 0. The number of phenols is 1. The second kappa shape index (κ2) is 4.10. The van der Waals surface area contributed by atoms with E-state index in [2.05, 4.69) is 17.4 Å². The Balaban J connectivity index is 1.68. The van der Waals surface area contributed by atoms with Gasteiger partial charge in [-0.05, 0) is 55.7 Å². The van der Waals surface area contributed by atoms with Gasteiger partial charge >= 0.3 is 0 Å². The molecule has 3 rings (SSSR count). The van der Waals surface area contributed by atoms with Crippen LogP contribution in [0.25, 0.3) is 0 Å². The lowest BCUT2D eigenvalue weighted by molar-refractivity contribution is 0.288. The molecular weight excluding hydrogens is 198 g/mol. The van der Waals surface area contributed by atoms with Crippen LogP contribution in [-0.2, 0) is 6.42 Å². The summed E-state index contributed by atoms with van der Waals surface area (Å²) < 4.78 is 0. The lowest BCUT2D eigenvalue weighted by atomic mass is 9.86. The van der Waals surface area contributed by atoms with Gasteiger partial charge in [0, 0.05) is 12.1 Å². The highest BCUT2D eigenvalue weighted by Crippen LogP contribution is 2.33. The van der Waals surface area contributed by atoms with E-state index < -0.39 is 0 Å². The summed E-state index contributed by atoms with van der Waals surface area (Å²) in [5.41, 5.74) is 1.36. The molecule has 2 aliphatic rings. The number of fused-ring (bicyclic) bond motifs is 2. The Hall–Kier alpha value is -1.02. The van der Waals surface area contributed by atoms with Gasteiger partial charge in [-0.2, -0.15) is 0 Å². The Labute approximate surface area is 96.7 Å². The SMILES string of the molecule is Oc1ccc(CC2CCC3CCC2N3)cc1. The topological polar surface area (TPSA) is 32.3 Å². The molecule has 0 spiro atoms. The summed E-state index contributed by atoms with van der Waals surface area (Å²) in [6.45, 7) is 0. The number of aromatic hydroxyl groups is 1. The van der Waals surface area contributed by atoms with Gasteiger partial charge in [0.05, 0.1) is 0 Å². The zero-order chi connectivity index (χ0) is 11.0. The number of hydrogen-bond acceptors (Lipinski definition) is 2. The average molecular weight is 217 g/mol. The summed E-state index contributed by atoms with van der Waals surface area (Å²) >= 11 is 0. The first kappa shape index (κ1) is 10.2. The largest absolute Gasteiger partial charge is 0.508 e. The van der Waals surface area contributed by atoms with Crippen LogP contribution in [0, 0.1) is 5.92 Å². The molecule has 0 aromatic heterocycles.